The molecule has 0 radical (unpaired) electrons. The maximum Gasteiger partial charge on any atom is 0.194 e. The average Bonchev–Trinajstić information content (AvgIpc) is 2.62. The summed E-state index contributed by atoms with van der Waals surface area (Å²) in [6.07, 6.45) is 0. The van der Waals surface area contributed by atoms with Gasteiger partial charge in [0, 0.05) is 27.3 Å². The van der Waals surface area contributed by atoms with Crippen LogP contribution in [0, 0.1) is 0 Å². The number of ketones is 2. The molecule has 0 unspecified atom stereocenters. The molecule has 0 aliphatic carbocycles. The molecule has 3 aromatic rings. The average molecular weight is 355 g/mol. The minimum absolute atomic E-state index is 0.136. The second-order valence-electron chi connectivity index (χ2n) is 5.23. The molecular weight excluding hydrogens is 343 g/mol. The molecule has 0 aromatic heterocycles. The van der Waals surface area contributed by atoms with Gasteiger partial charge in [-0.15, -0.1) is 0 Å². The van der Waals surface area contributed by atoms with Crippen molar-refractivity contribution in [2.45, 2.75) is 0 Å². The van der Waals surface area contributed by atoms with Gasteiger partial charge >= 0.3 is 0 Å². The summed E-state index contributed by atoms with van der Waals surface area (Å²) in [6, 6.07) is 20.2. The normalized spacial score (nSPS) is 10.4. The van der Waals surface area contributed by atoms with Crippen molar-refractivity contribution < 1.29 is 9.59 Å². The van der Waals surface area contributed by atoms with Crippen molar-refractivity contribution in [3.05, 3.63) is 105 Å². The highest BCUT2D eigenvalue weighted by molar-refractivity contribution is 6.35. The fourth-order valence-corrected chi connectivity index (χ4v) is 2.75. The summed E-state index contributed by atoms with van der Waals surface area (Å²) in [5, 5.41) is 0.804. The smallest absolute Gasteiger partial charge is 0.194 e. The molecule has 0 spiro atoms. The van der Waals surface area contributed by atoms with Crippen LogP contribution in [0.3, 0.4) is 0 Å². The van der Waals surface area contributed by atoms with Gasteiger partial charge in [-0.25, -0.2) is 0 Å². The molecule has 3 rings (SSSR count). The second kappa shape index (κ2) is 7.00. The van der Waals surface area contributed by atoms with E-state index in [1.54, 1.807) is 60.7 Å². The molecule has 0 N–H and O–H groups in total. The van der Waals surface area contributed by atoms with Crippen LogP contribution < -0.4 is 0 Å². The van der Waals surface area contributed by atoms with Crippen molar-refractivity contribution in [1.82, 2.24) is 0 Å². The van der Waals surface area contributed by atoms with Gasteiger partial charge in [0.15, 0.2) is 11.6 Å². The molecule has 0 heterocycles. The zero-order valence-electron chi connectivity index (χ0n) is 12.5. The van der Waals surface area contributed by atoms with Crippen LogP contribution in [-0.4, -0.2) is 11.6 Å². The summed E-state index contributed by atoms with van der Waals surface area (Å²) < 4.78 is 0. The fraction of sp³-hybridized carbons (Fsp3) is 0. The van der Waals surface area contributed by atoms with Crippen LogP contribution in [0.4, 0.5) is 0 Å². The maximum absolute atomic E-state index is 12.5. The Labute approximate surface area is 149 Å². The van der Waals surface area contributed by atoms with E-state index in [0.29, 0.717) is 27.3 Å². The highest BCUT2D eigenvalue weighted by Crippen LogP contribution is 2.23. The van der Waals surface area contributed by atoms with Crippen molar-refractivity contribution in [1.29, 1.82) is 0 Å². The number of hydrogen-bond donors (Lipinski definition) is 0. The molecule has 0 aliphatic rings. The highest BCUT2D eigenvalue weighted by Gasteiger charge is 2.16. The lowest BCUT2D eigenvalue weighted by Crippen LogP contribution is -2.05. The Bertz CT molecular complexity index is 901. The van der Waals surface area contributed by atoms with Crippen LogP contribution in [-0.2, 0) is 0 Å². The first-order valence-electron chi connectivity index (χ1n) is 7.26. The van der Waals surface area contributed by atoms with Crippen molar-refractivity contribution in [2.75, 3.05) is 0 Å². The maximum atomic E-state index is 12.5. The topological polar surface area (TPSA) is 34.1 Å². The molecule has 24 heavy (non-hydrogen) atoms. The summed E-state index contributed by atoms with van der Waals surface area (Å²) in [6.45, 7) is 0. The quantitative estimate of drug-likeness (QED) is 0.583. The van der Waals surface area contributed by atoms with Gasteiger partial charge in [-0.3, -0.25) is 9.59 Å². The monoisotopic (exact) mass is 354 g/mol. The van der Waals surface area contributed by atoms with E-state index in [1.165, 1.54) is 6.07 Å². The predicted molar refractivity (Wildman–Crippen MR) is 96.2 cm³/mol. The minimum Gasteiger partial charge on any atom is -0.289 e. The molecule has 0 saturated carbocycles. The van der Waals surface area contributed by atoms with E-state index in [4.69, 9.17) is 23.2 Å². The standard InChI is InChI=1S/C20H12Cl2O2/c21-16-9-6-14(7-10-16)20(24)17-11-8-15(12-18(17)22)19(23)13-4-2-1-3-5-13/h1-12H. The minimum atomic E-state index is -0.213. The van der Waals surface area contributed by atoms with E-state index in [-0.39, 0.29) is 16.6 Å². The molecule has 2 nitrogen and oxygen atoms in total. The van der Waals surface area contributed by atoms with E-state index < -0.39 is 0 Å². The molecule has 4 heteroatoms. The summed E-state index contributed by atoms with van der Waals surface area (Å²) in [4.78, 5) is 24.9. The number of rotatable bonds is 4. The molecule has 0 bridgehead atoms. The highest BCUT2D eigenvalue weighted by atomic mass is 35.5. The fourth-order valence-electron chi connectivity index (χ4n) is 2.35. The molecule has 0 fully saturated rings. The van der Waals surface area contributed by atoms with E-state index >= 15 is 0 Å². The van der Waals surface area contributed by atoms with Crippen LogP contribution in [0.5, 0.6) is 0 Å². The zero-order valence-corrected chi connectivity index (χ0v) is 14.0. The van der Waals surface area contributed by atoms with Crippen LogP contribution in [0.15, 0.2) is 72.8 Å². The SMILES string of the molecule is O=C(c1ccccc1)c1ccc(C(=O)c2ccc(Cl)cc2)c(Cl)c1. The molecule has 0 saturated heterocycles. The van der Waals surface area contributed by atoms with Gasteiger partial charge in [-0.2, -0.15) is 0 Å². The van der Waals surface area contributed by atoms with Gasteiger partial charge in [0.1, 0.15) is 0 Å². The van der Waals surface area contributed by atoms with Crippen molar-refractivity contribution >= 4 is 34.8 Å². The van der Waals surface area contributed by atoms with Crippen molar-refractivity contribution in [2.24, 2.45) is 0 Å². The summed E-state index contributed by atoms with van der Waals surface area (Å²) in [5.74, 6) is -0.349. The molecule has 118 valence electrons. The molecule has 3 aromatic carbocycles. The Balaban J connectivity index is 1.91. The molecule has 0 amide bonds. The van der Waals surface area contributed by atoms with Crippen LogP contribution >= 0.6 is 23.2 Å². The van der Waals surface area contributed by atoms with Gasteiger partial charge in [0.25, 0.3) is 0 Å². The Morgan fingerprint density at radius 2 is 1.21 bits per heavy atom. The second-order valence-corrected chi connectivity index (χ2v) is 6.07. The third-order valence-corrected chi connectivity index (χ3v) is 4.18. The van der Waals surface area contributed by atoms with Gasteiger partial charge in [0.05, 0.1) is 5.02 Å². The zero-order chi connectivity index (χ0) is 17.1. The third-order valence-electron chi connectivity index (χ3n) is 3.62. The Kier molecular flexibility index (Phi) is 4.79. The van der Waals surface area contributed by atoms with E-state index in [0.717, 1.165) is 0 Å². The Hall–Kier alpha value is -2.42. The Morgan fingerprint density at radius 1 is 0.625 bits per heavy atom. The molecule has 0 atom stereocenters. The van der Waals surface area contributed by atoms with Gasteiger partial charge < -0.3 is 0 Å². The van der Waals surface area contributed by atoms with Crippen LogP contribution in [0.2, 0.25) is 10.0 Å². The Morgan fingerprint density at radius 3 is 1.83 bits per heavy atom. The summed E-state index contributed by atoms with van der Waals surface area (Å²) in [5.41, 5.74) is 1.86. The van der Waals surface area contributed by atoms with Crippen LogP contribution in [0.1, 0.15) is 31.8 Å². The van der Waals surface area contributed by atoms with E-state index in [1.807, 2.05) is 6.07 Å². The largest absolute Gasteiger partial charge is 0.289 e. The van der Waals surface area contributed by atoms with Crippen molar-refractivity contribution in [3.8, 4) is 0 Å². The van der Waals surface area contributed by atoms with Gasteiger partial charge in [0.2, 0.25) is 0 Å². The first-order chi connectivity index (χ1) is 11.6. The number of benzene rings is 3. The molecule has 0 aliphatic heterocycles. The van der Waals surface area contributed by atoms with Gasteiger partial charge in [-0.1, -0.05) is 59.6 Å². The lowest BCUT2D eigenvalue weighted by molar-refractivity contribution is 0.102. The number of hydrogen-bond acceptors (Lipinski definition) is 2. The van der Waals surface area contributed by atoms with E-state index in [9.17, 15) is 9.59 Å². The number of carbonyl (C=O) groups excluding carboxylic acids is 2. The first-order valence-corrected chi connectivity index (χ1v) is 8.01. The molecular formula is C20H12Cl2O2. The van der Waals surface area contributed by atoms with Crippen molar-refractivity contribution in [3.63, 3.8) is 0 Å². The lowest BCUT2D eigenvalue weighted by atomic mass is 9.98. The third kappa shape index (κ3) is 3.40. The van der Waals surface area contributed by atoms with Crippen LogP contribution in [0.25, 0.3) is 0 Å². The van der Waals surface area contributed by atoms with Gasteiger partial charge in [-0.05, 0) is 36.4 Å². The lowest BCUT2D eigenvalue weighted by Gasteiger charge is -2.07. The van der Waals surface area contributed by atoms with E-state index in [2.05, 4.69) is 0 Å². The number of carbonyl (C=O) groups is 2. The number of halogens is 2. The first kappa shape index (κ1) is 16.4. The summed E-state index contributed by atoms with van der Waals surface area (Å²) in [7, 11) is 0. The summed E-state index contributed by atoms with van der Waals surface area (Å²) >= 11 is 12.1. The predicted octanol–water partition coefficient (Wildman–Crippen LogP) is 5.46.